The summed E-state index contributed by atoms with van der Waals surface area (Å²) in [5.74, 6) is -0.788. The minimum atomic E-state index is -4.49. The van der Waals surface area contributed by atoms with E-state index in [0.29, 0.717) is 12.3 Å². The number of carbonyl (C=O) groups excluding carboxylic acids is 1. The lowest BCUT2D eigenvalue weighted by Gasteiger charge is -2.06. The van der Waals surface area contributed by atoms with Gasteiger partial charge in [-0.15, -0.1) is 0 Å². The molecule has 0 aliphatic rings. The first-order valence-corrected chi connectivity index (χ1v) is 3.84. The van der Waals surface area contributed by atoms with Crippen LogP contribution in [0.25, 0.3) is 0 Å². The van der Waals surface area contributed by atoms with Gasteiger partial charge in [0.15, 0.2) is 0 Å². The maximum absolute atomic E-state index is 12.2. The van der Waals surface area contributed by atoms with E-state index in [9.17, 15) is 18.0 Å². The molecule has 0 radical (unpaired) electrons. The lowest BCUT2D eigenvalue weighted by atomic mass is 10.1. The molecule has 3 nitrogen and oxygen atoms in total. The molecule has 0 atom stereocenters. The van der Waals surface area contributed by atoms with Crippen molar-refractivity contribution in [2.24, 2.45) is 5.16 Å². The van der Waals surface area contributed by atoms with Crippen LogP contribution in [-0.2, 0) is 6.18 Å². The van der Waals surface area contributed by atoms with E-state index in [0.717, 1.165) is 12.1 Å². The Labute approximate surface area is 82.8 Å². The number of rotatable bonds is 2. The Morgan fingerprint density at radius 3 is 2.60 bits per heavy atom. The summed E-state index contributed by atoms with van der Waals surface area (Å²) in [6.45, 7) is 0. The molecule has 0 unspecified atom stereocenters. The van der Waals surface area contributed by atoms with Crippen molar-refractivity contribution in [2.75, 3.05) is 0 Å². The molecule has 0 bridgehead atoms. The number of oxime groups is 1. The molecule has 6 heteroatoms. The second-order valence-electron chi connectivity index (χ2n) is 2.69. The van der Waals surface area contributed by atoms with Gasteiger partial charge in [0.25, 0.3) is 0 Å². The maximum Gasteiger partial charge on any atom is 0.416 e. The number of hydrogen-bond donors (Lipinski definition) is 1. The highest BCUT2D eigenvalue weighted by atomic mass is 19.4. The lowest BCUT2D eigenvalue weighted by molar-refractivity contribution is -0.137. The minimum Gasteiger partial charge on any atom is -0.411 e. The third-order valence-corrected chi connectivity index (χ3v) is 1.65. The Morgan fingerprint density at radius 1 is 1.40 bits per heavy atom. The minimum absolute atomic E-state index is 0.178. The Hall–Kier alpha value is -1.85. The van der Waals surface area contributed by atoms with Gasteiger partial charge in [0.1, 0.15) is 6.21 Å². The summed E-state index contributed by atoms with van der Waals surface area (Å²) >= 11 is 0. The van der Waals surface area contributed by atoms with Gasteiger partial charge >= 0.3 is 6.18 Å². The number of benzene rings is 1. The van der Waals surface area contributed by atoms with Crippen LogP contribution in [-0.4, -0.2) is 17.2 Å². The van der Waals surface area contributed by atoms with Crippen LogP contribution < -0.4 is 0 Å². The van der Waals surface area contributed by atoms with E-state index in [1.807, 2.05) is 0 Å². The maximum atomic E-state index is 12.2. The predicted octanol–water partition coefficient (Wildman–Crippen LogP) is 2.35. The zero-order valence-corrected chi connectivity index (χ0v) is 7.32. The van der Waals surface area contributed by atoms with E-state index in [2.05, 4.69) is 5.16 Å². The van der Waals surface area contributed by atoms with Crippen molar-refractivity contribution in [1.82, 2.24) is 0 Å². The van der Waals surface area contributed by atoms with Crippen molar-refractivity contribution in [1.29, 1.82) is 0 Å². The fourth-order valence-corrected chi connectivity index (χ4v) is 0.976. The van der Waals surface area contributed by atoms with Crippen molar-refractivity contribution < 1.29 is 23.2 Å². The third-order valence-electron chi connectivity index (χ3n) is 1.65. The molecule has 0 heterocycles. The molecule has 0 saturated carbocycles. The first-order valence-electron chi connectivity index (χ1n) is 3.84. The Morgan fingerprint density at radius 2 is 2.07 bits per heavy atom. The number of ketones is 1. The fourth-order valence-electron chi connectivity index (χ4n) is 0.976. The highest BCUT2D eigenvalue weighted by molar-refractivity contribution is 6.35. The Balaban J connectivity index is 3.08. The van der Waals surface area contributed by atoms with E-state index < -0.39 is 17.5 Å². The van der Waals surface area contributed by atoms with E-state index >= 15 is 0 Å². The molecule has 0 aromatic heterocycles. The van der Waals surface area contributed by atoms with Crippen molar-refractivity contribution in [3.8, 4) is 0 Å². The molecule has 1 N–H and O–H groups in total. The van der Waals surface area contributed by atoms with Crippen molar-refractivity contribution in [3.05, 3.63) is 35.4 Å². The van der Waals surface area contributed by atoms with Gasteiger partial charge in [-0.05, 0) is 12.1 Å². The molecular formula is C9H6F3NO2. The Bertz CT molecular complexity index is 399. The number of carbonyl (C=O) groups is 1. The number of nitrogens with zero attached hydrogens (tertiary/aromatic N) is 1. The summed E-state index contributed by atoms with van der Waals surface area (Å²) in [7, 11) is 0. The molecule has 0 aliphatic heterocycles. The van der Waals surface area contributed by atoms with Crippen LogP contribution in [0.2, 0.25) is 0 Å². The average molecular weight is 217 g/mol. The second-order valence-corrected chi connectivity index (χ2v) is 2.69. The zero-order valence-electron chi connectivity index (χ0n) is 7.32. The highest BCUT2D eigenvalue weighted by Crippen LogP contribution is 2.29. The van der Waals surface area contributed by atoms with Crippen molar-refractivity contribution in [2.45, 2.75) is 6.18 Å². The quantitative estimate of drug-likeness (QED) is 0.357. The molecule has 1 aromatic rings. The smallest absolute Gasteiger partial charge is 0.411 e. The predicted molar refractivity (Wildman–Crippen MR) is 46.1 cm³/mol. The van der Waals surface area contributed by atoms with E-state index in [4.69, 9.17) is 5.21 Å². The first-order chi connectivity index (χ1) is 6.95. The summed E-state index contributed by atoms with van der Waals surface area (Å²) in [6.07, 6.45) is -3.96. The summed E-state index contributed by atoms with van der Waals surface area (Å²) in [5, 5.41) is 10.5. The molecule has 0 fully saturated rings. The standard InChI is InChI=1S/C9H6F3NO2/c10-9(11,12)7-3-1-2-6(4-7)8(14)5-13-15/h1-5,15H. The molecule has 0 amide bonds. The van der Waals surface area contributed by atoms with E-state index in [-0.39, 0.29) is 5.56 Å². The van der Waals surface area contributed by atoms with Crippen LogP contribution in [0.1, 0.15) is 15.9 Å². The monoisotopic (exact) mass is 217 g/mol. The van der Waals surface area contributed by atoms with Crippen LogP contribution in [0.3, 0.4) is 0 Å². The zero-order chi connectivity index (χ0) is 11.5. The molecule has 80 valence electrons. The van der Waals surface area contributed by atoms with Crippen molar-refractivity contribution >= 4 is 12.0 Å². The van der Waals surface area contributed by atoms with Crippen LogP contribution >= 0.6 is 0 Å². The van der Waals surface area contributed by atoms with Crippen LogP contribution in [0, 0.1) is 0 Å². The number of halogens is 3. The van der Waals surface area contributed by atoms with Gasteiger partial charge in [-0.25, -0.2) is 0 Å². The SMILES string of the molecule is O=C(C=NO)c1cccc(C(F)(F)F)c1. The summed E-state index contributed by atoms with van der Waals surface area (Å²) < 4.78 is 36.7. The topological polar surface area (TPSA) is 49.7 Å². The molecule has 1 rings (SSSR count). The van der Waals surface area contributed by atoms with Crippen molar-refractivity contribution in [3.63, 3.8) is 0 Å². The van der Waals surface area contributed by atoms with Crippen LogP contribution in [0.15, 0.2) is 29.4 Å². The second kappa shape index (κ2) is 4.12. The number of hydrogen-bond acceptors (Lipinski definition) is 3. The normalized spacial score (nSPS) is 11.9. The van der Waals surface area contributed by atoms with E-state index in [1.165, 1.54) is 6.07 Å². The van der Waals surface area contributed by atoms with Gasteiger partial charge in [0.2, 0.25) is 5.78 Å². The van der Waals surface area contributed by atoms with Gasteiger partial charge in [-0.3, -0.25) is 4.79 Å². The molecule has 0 aliphatic carbocycles. The van der Waals surface area contributed by atoms with Gasteiger partial charge in [0.05, 0.1) is 5.56 Å². The molecule has 15 heavy (non-hydrogen) atoms. The number of alkyl halides is 3. The van der Waals surface area contributed by atoms with Gasteiger partial charge in [0, 0.05) is 5.56 Å². The van der Waals surface area contributed by atoms with Crippen LogP contribution in [0.4, 0.5) is 13.2 Å². The number of Topliss-reactive ketones (excluding diaryl/α,β-unsaturated/α-hetero) is 1. The fraction of sp³-hybridized carbons (Fsp3) is 0.111. The summed E-state index contributed by atoms with van der Waals surface area (Å²) in [4.78, 5) is 11.0. The first kappa shape index (κ1) is 11.2. The van der Waals surface area contributed by atoms with Crippen LogP contribution in [0.5, 0.6) is 0 Å². The summed E-state index contributed by atoms with van der Waals surface area (Å²) in [5.41, 5.74) is -1.10. The molecule has 1 aromatic carbocycles. The Kier molecular flexibility index (Phi) is 3.08. The molecule has 0 saturated heterocycles. The van der Waals surface area contributed by atoms with Gasteiger partial charge < -0.3 is 5.21 Å². The molecular weight excluding hydrogens is 211 g/mol. The lowest BCUT2D eigenvalue weighted by Crippen LogP contribution is -2.07. The highest BCUT2D eigenvalue weighted by Gasteiger charge is 2.30. The van der Waals surface area contributed by atoms with Gasteiger partial charge in [-0.1, -0.05) is 17.3 Å². The largest absolute Gasteiger partial charge is 0.416 e. The average Bonchev–Trinajstić information content (AvgIpc) is 2.17. The summed E-state index contributed by atoms with van der Waals surface area (Å²) in [6, 6.07) is 3.87. The van der Waals surface area contributed by atoms with E-state index in [1.54, 1.807) is 0 Å². The third kappa shape index (κ3) is 2.80. The molecule has 0 spiro atoms. The van der Waals surface area contributed by atoms with Gasteiger partial charge in [-0.2, -0.15) is 13.2 Å².